The maximum Gasteiger partial charge on any atom is 0.0674 e. The lowest BCUT2D eigenvalue weighted by atomic mass is 9.95. The zero-order valence-electron chi connectivity index (χ0n) is 13.8. The van der Waals surface area contributed by atoms with E-state index in [-0.39, 0.29) is 0 Å². The number of morpholine rings is 1. The number of rotatable bonds is 1. The van der Waals surface area contributed by atoms with E-state index in [1.54, 1.807) is 0 Å². The molecule has 2 unspecified atom stereocenters. The molecule has 1 heterocycles. The number of nitrogens with zero attached hydrogens (tertiary/aromatic N) is 1. The van der Waals surface area contributed by atoms with E-state index in [9.17, 15) is 0 Å². The van der Waals surface area contributed by atoms with Crippen molar-refractivity contribution in [3.05, 3.63) is 0 Å². The van der Waals surface area contributed by atoms with Crippen molar-refractivity contribution in [3.8, 4) is 0 Å². The van der Waals surface area contributed by atoms with Gasteiger partial charge in [-0.1, -0.05) is 57.8 Å². The standard InChI is InChI=1S/C18H35NO/c1-16-15-20-17(2)14-19(16)18-12-10-8-6-4-3-5-7-9-11-13-18/h16-18H,3-15H2,1-2H3. The van der Waals surface area contributed by atoms with Gasteiger partial charge in [0.2, 0.25) is 0 Å². The van der Waals surface area contributed by atoms with Crippen molar-refractivity contribution in [2.45, 2.75) is 103 Å². The van der Waals surface area contributed by atoms with Crippen molar-refractivity contribution in [2.24, 2.45) is 0 Å². The first-order valence-electron chi connectivity index (χ1n) is 9.14. The molecular formula is C18H35NO. The smallest absolute Gasteiger partial charge is 0.0674 e. The fraction of sp³-hybridized carbons (Fsp3) is 1.00. The zero-order valence-corrected chi connectivity index (χ0v) is 13.8. The minimum atomic E-state index is 0.424. The molecule has 1 saturated carbocycles. The number of ether oxygens (including phenoxy) is 1. The van der Waals surface area contributed by atoms with Crippen LogP contribution in [-0.4, -0.2) is 36.2 Å². The molecule has 0 amide bonds. The molecule has 0 bridgehead atoms. The van der Waals surface area contributed by atoms with E-state index in [0.29, 0.717) is 12.1 Å². The van der Waals surface area contributed by atoms with Crippen molar-refractivity contribution in [3.63, 3.8) is 0 Å². The first kappa shape index (κ1) is 16.3. The third kappa shape index (κ3) is 5.37. The Morgan fingerprint density at radius 1 is 0.750 bits per heavy atom. The van der Waals surface area contributed by atoms with Gasteiger partial charge >= 0.3 is 0 Å². The first-order chi connectivity index (χ1) is 9.77. The Hall–Kier alpha value is -0.0800. The highest BCUT2D eigenvalue weighted by molar-refractivity contribution is 4.82. The molecule has 118 valence electrons. The summed E-state index contributed by atoms with van der Waals surface area (Å²) >= 11 is 0. The largest absolute Gasteiger partial charge is 0.376 e. The molecule has 1 saturated heterocycles. The van der Waals surface area contributed by atoms with Crippen LogP contribution in [0.2, 0.25) is 0 Å². The molecule has 2 heteroatoms. The average Bonchev–Trinajstić information content (AvgIpc) is 2.42. The minimum absolute atomic E-state index is 0.424. The Bertz CT molecular complexity index is 244. The summed E-state index contributed by atoms with van der Waals surface area (Å²) in [5.74, 6) is 0. The van der Waals surface area contributed by atoms with Gasteiger partial charge in [0, 0.05) is 18.6 Å². The second kappa shape index (κ2) is 9.04. The fourth-order valence-electron chi connectivity index (χ4n) is 3.91. The normalized spacial score (nSPS) is 33.3. The zero-order chi connectivity index (χ0) is 14.2. The minimum Gasteiger partial charge on any atom is -0.376 e. The lowest BCUT2D eigenvalue weighted by molar-refractivity contribution is -0.0689. The van der Waals surface area contributed by atoms with Crippen molar-refractivity contribution >= 4 is 0 Å². The van der Waals surface area contributed by atoms with Crippen molar-refractivity contribution in [1.82, 2.24) is 4.90 Å². The van der Waals surface area contributed by atoms with Crippen LogP contribution in [-0.2, 0) is 4.74 Å². The second-order valence-corrected chi connectivity index (χ2v) is 7.10. The van der Waals surface area contributed by atoms with E-state index >= 15 is 0 Å². The van der Waals surface area contributed by atoms with Gasteiger partial charge in [-0.15, -0.1) is 0 Å². The Balaban J connectivity index is 1.87. The molecule has 2 rings (SSSR count). The van der Waals surface area contributed by atoms with Crippen LogP contribution in [0.3, 0.4) is 0 Å². The summed E-state index contributed by atoms with van der Waals surface area (Å²) in [6.45, 7) is 6.65. The molecule has 2 nitrogen and oxygen atoms in total. The maximum absolute atomic E-state index is 5.81. The van der Waals surface area contributed by atoms with Crippen LogP contribution in [0.15, 0.2) is 0 Å². The van der Waals surface area contributed by atoms with E-state index in [0.717, 1.165) is 19.2 Å². The molecule has 0 spiro atoms. The molecule has 2 fully saturated rings. The summed E-state index contributed by atoms with van der Waals surface area (Å²) in [5.41, 5.74) is 0. The highest BCUT2D eigenvalue weighted by Gasteiger charge is 2.28. The van der Waals surface area contributed by atoms with Gasteiger partial charge in [-0.2, -0.15) is 0 Å². The summed E-state index contributed by atoms with van der Waals surface area (Å²) in [5, 5.41) is 0. The van der Waals surface area contributed by atoms with Gasteiger partial charge in [0.15, 0.2) is 0 Å². The third-order valence-corrected chi connectivity index (χ3v) is 5.20. The second-order valence-electron chi connectivity index (χ2n) is 7.10. The van der Waals surface area contributed by atoms with Gasteiger partial charge in [-0.05, 0) is 26.7 Å². The molecule has 1 aliphatic carbocycles. The van der Waals surface area contributed by atoms with Crippen LogP contribution in [0.5, 0.6) is 0 Å². The Kier molecular flexibility index (Phi) is 7.37. The average molecular weight is 281 g/mol. The summed E-state index contributed by atoms with van der Waals surface area (Å²) in [6.07, 6.45) is 16.3. The lowest BCUT2D eigenvalue weighted by Crippen LogP contribution is -2.52. The third-order valence-electron chi connectivity index (χ3n) is 5.20. The first-order valence-corrected chi connectivity index (χ1v) is 9.14. The van der Waals surface area contributed by atoms with Gasteiger partial charge in [-0.25, -0.2) is 0 Å². The van der Waals surface area contributed by atoms with Gasteiger partial charge in [0.1, 0.15) is 0 Å². The molecule has 20 heavy (non-hydrogen) atoms. The molecule has 2 atom stereocenters. The van der Waals surface area contributed by atoms with Gasteiger partial charge in [-0.3, -0.25) is 4.90 Å². The van der Waals surface area contributed by atoms with E-state index in [1.165, 1.54) is 70.6 Å². The molecule has 0 aromatic rings. The quantitative estimate of drug-likeness (QED) is 0.686. The van der Waals surface area contributed by atoms with Crippen LogP contribution < -0.4 is 0 Å². The molecule has 1 aliphatic heterocycles. The molecule has 0 N–H and O–H groups in total. The summed E-state index contributed by atoms with van der Waals surface area (Å²) in [7, 11) is 0. The molecule has 0 aromatic heterocycles. The van der Waals surface area contributed by atoms with Gasteiger partial charge < -0.3 is 4.74 Å². The van der Waals surface area contributed by atoms with Crippen LogP contribution in [0.1, 0.15) is 84.5 Å². The number of hydrogen-bond donors (Lipinski definition) is 0. The monoisotopic (exact) mass is 281 g/mol. The number of hydrogen-bond acceptors (Lipinski definition) is 2. The van der Waals surface area contributed by atoms with Gasteiger partial charge in [0.25, 0.3) is 0 Å². The lowest BCUT2D eigenvalue weighted by Gasteiger charge is -2.42. The SMILES string of the molecule is CC1CN(C2CCCCCCCCCCC2)C(C)CO1. The van der Waals surface area contributed by atoms with Crippen LogP contribution in [0.4, 0.5) is 0 Å². The Labute approximate surface area is 126 Å². The topological polar surface area (TPSA) is 12.5 Å². The fourth-order valence-corrected chi connectivity index (χ4v) is 3.91. The highest BCUT2D eigenvalue weighted by Crippen LogP contribution is 2.24. The summed E-state index contributed by atoms with van der Waals surface area (Å²) in [4.78, 5) is 2.76. The van der Waals surface area contributed by atoms with E-state index in [2.05, 4.69) is 18.7 Å². The maximum atomic E-state index is 5.81. The highest BCUT2D eigenvalue weighted by atomic mass is 16.5. The van der Waals surface area contributed by atoms with Crippen molar-refractivity contribution < 1.29 is 4.74 Å². The molecule has 0 aromatic carbocycles. The Morgan fingerprint density at radius 2 is 1.25 bits per heavy atom. The van der Waals surface area contributed by atoms with Crippen molar-refractivity contribution in [1.29, 1.82) is 0 Å². The molecule has 0 radical (unpaired) electrons. The summed E-state index contributed by atoms with van der Waals surface area (Å²) < 4.78 is 5.81. The molecule has 2 aliphatic rings. The van der Waals surface area contributed by atoms with E-state index in [4.69, 9.17) is 4.74 Å². The Morgan fingerprint density at radius 3 is 1.80 bits per heavy atom. The van der Waals surface area contributed by atoms with Crippen molar-refractivity contribution in [2.75, 3.05) is 13.2 Å². The van der Waals surface area contributed by atoms with Gasteiger partial charge in [0.05, 0.1) is 12.7 Å². The van der Waals surface area contributed by atoms with Crippen LogP contribution >= 0.6 is 0 Å². The van der Waals surface area contributed by atoms with E-state index < -0.39 is 0 Å². The summed E-state index contributed by atoms with van der Waals surface area (Å²) in [6, 6.07) is 1.43. The predicted molar refractivity (Wildman–Crippen MR) is 86.2 cm³/mol. The predicted octanol–water partition coefficient (Wildman–Crippen LogP) is 4.77. The van der Waals surface area contributed by atoms with E-state index in [1.807, 2.05) is 0 Å². The molecular weight excluding hydrogens is 246 g/mol. The van der Waals surface area contributed by atoms with Crippen LogP contribution in [0.25, 0.3) is 0 Å². The van der Waals surface area contributed by atoms with Crippen LogP contribution in [0, 0.1) is 0 Å².